The Bertz CT molecular complexity index is 351. The van der Waals surface area contributed by atoms with Crippen molar-refractivity contribution in [1.82, 2.24) is 0 Å². The summed E-state index contributed by atoms with van der Waals surface area (Å²) in [6.45, 7) is 10.3. The lowest BCUT2D eigenvalue weighted by molar-refractivity contribution is -0.178. The highest BCUT2D eigenvalue weighted by atomic mass is 16.5. The molecule has 18 heavy (non-hydrogen) atoms. The fourth-order valence-electron chi connectivity index (χ4n) is 5.72. The minimum atomic E-state index is -0.123. The molecule has 0 radical (unpaired) electrons. The van der Waals surface area contributed by atoms with Gasteiger partial charge in [0, 0.05) is 6.61 Å². The molecule has 5 atom stereocenters. The molecule has 0 aromatic carbocycles. The molecule has 2 aliphatic carbocycles. The fraction of sp³-hybridized carbons (Fsp3) is 1.00. The molecule has 104 valence electrons. The Morgan fingerprint density at radius 3 is 2.39 bits per heavy atom. The van der Waals surface area contributed by atoms with Gasteiger partial charge >= 0.3 is 0 Å². The van der Waals surface area contributed by atoms with Crippen molar-refractivity contribution in [2.45, 2.75) is 71.5 Å². The molecule has 2 saturated carbocycles. The Balaban J connectivity index is 1.98. The predicted octanol–water partition coefficient (Wildman–Crippen LogP) is 3.38. The van der Waals surface area contributed by atoms with Crippen LogP contribution < -0.4 is 0 Å². The third kappa shape index (κ3) is 1.48. The van der Waals surface area contributed by atoms with E-state index < -0.39 is 0 Å². The van der Waals surface area contributed by atoms with Gasteiger partial charge in [-0.2, -0.15) is 0 Å². The van der Waals surface area contributed by atoms with Crippen molar-refractivity contribution in [2.75, 3.05) is 6.61 Å². The van der Waals surface area contributed by atoms with Crippen molar-refractivity contribution >= 4 is 0 Å². The molecule has 1 heterocycles. The maximum Gasteiger partial charge on any atom is 0.0688 e. The number of rotatable bonds is 0. The highest BCUT2D eigenvalue weighted by Gasteiger charge is 2.62. The number of fused-ring (bicyclic) bond motifs is 3. The van der Waals surface area contributed by atoms with E-state index in [9.17, 15) is 5.11 Å². The molecule has 2 heteroatoms. The number of ether oxygens (including phenoxy) is 1. The summed E-state index contributed by atoms with van der Waals surface area (Å²) in [4.78, 5) is 0. The number of hydrogen-bond donors (Lipinski definition) is 1. The number of hydrogen-bond acceptors (Lipinski definition) is 2. The zero-order valence-electron chi connectivity index (χ0n) is 12.3. The van der Waals surface area contributed by atoms with Crippen LogP contribution in [0.1, 0.15) is 59.8 Å². The molecule has 1 saturated heterocycles. The normalized spacial score (nSPS) is 54.8. The predicted molar refractivity (Wildman–Crippen MR) is 72.3 cm³/mol. The van der Waals surface area contributed by atoms with E-state index in [1.54, 1.807) is 0 Å². The molecule has 0 aromatic heterocycles. The SMILES string of the molecule is CC1(C)[C@H](O)CC[C@]2(C)[C@@H]1CC[C@]1(C)OCC[C@@H]21. The summed E-state index contributed by atoms with van der Waals surface area (Å²) in [7, 11) is 0. The monoisotopic (exact) mass is 252 g/mol. The zero-order valence-corrected chi connectivity index (χ0v) is 12.3. The summed E-state index contributed by atoms with van der Waals surface area (Å²) in [5.74, 6) is 1.34. The van der Waals surface area contributed by atoms with Gasteiger partial charge in [-0.05, 0) is 61.7 Å². The Hall–Kier alpha value is -0.0800. The van der Waals surface area contributed by atoms with Gasteiger partial charge in [0.05, 0.1) is 11.7 Å². The second-order valence-corrected chi connectivity index (χ2v) is 7.98. The van der Waals surface area contributed by atoms with E-state index in [1.165, 1.54) is 25.7 Å². The average molecular weight is 252 g/mol. The zero-order chi connectivity index (χ0) is 13.2. The molecule has 1 N–H and O–H groups in total. The topological polar surface area (TPSA) is 29.5 Å². The van der Waals surface area contributed by atoms with Crippen molar-refractivity contribution in [3.63, 3.8) is 0 Å². The van der Waals surface area contributed by atoms with Gasteiger partial charge in [0.2, 0.25) is 0 Å². The van der Waals surface area contributed by atoms with Crippen LogP contribution in [-0.2, 0) is 4.74 Å². The molecule has 0 spiro atoms. The van der Waals surface area contributed by atoms with Gasteiger partial charge in [-0.1, -0.05) is 20.8 Å². The second kappa shape index (κ2) is 3.73. The van der Waals surface area contributed by atoms with Crippen LogP contribution in [0.15, 0.2) is 0 Å². The van der Waals surface area contributed by atoms with Crippen molar-refractivity contribution in [3.8, 4) is 0 Å². The first-order valence-electron chi connectivity index (χ1n) is 7.63. The van der Waals surface area contributed by atoms with Crippen molar-refractivity contribution in [1.29, 1.82) is 0 Å². The van der Waals surface area contributed by atoms with E-state index in [-0.39, 0.29) is 17.1 Å². The van der Waals surface area contributed by atoms with E-state index in [1.807, 2.05) is 0 Å². The standard InChI is InChI=1S/C16H28O2/c1-14(2)11-5-9-16(4)12(7-10-18-16)15(11,3)8-6-13(14)17/h11-13,17H,5-10H2,1-4H3/t11-,12+,13-,15-,16+/m1/s1. The van der Waals surface area contributed by atoms with Gasteiger partial charge in [0.1, 0.15) is 0 Å². The van der Waals surface area contributed by atoms with Crippen LogP contribution >= 0.6 is 0 Å². The molecule has 0 unspecified atom stereocenters. The van der Waals surface area contributed by atoms with E-state index in [4.69, 9.17) is 4.74 Å². The summed E-state index contributed by atoms with van der Waals surface area (Å²) >= 11 is 0. The number of aliphatic hydroxyl groups excluding tert-OH is 1. The van der Waals surface area contributed by atoms with E-state index in [0.717, 1.165) is 13.0 Å². The fourth-order valence-corrected chi connectivity index (χ4v) is 5.72. The lowest BCUT2D eigenvalue weighted by Crippen LogP contribution is -2.59. The third-order valence-electron chi connectivity index (χ3n) is 6.81. The quantitative estimate of drug-likeness (QED) is 0.716. The summed E-state index contributed by atoms with van der Waals surface area (Å²) in [6.07, 6.45) is 5.62. The Kier molecular flexibility index (Phi) is 2.68. The molecular formula is C16H28O2. The maximum absolute atomic E-state index is 10.4. The summed E-state index contributed by atoms with van der Waals surface area (Å²) in [6, 6.07) is 0. The van der Waals surface area contributed by atoms with Gasteiger partial charge in [0.25, 0.3) is 0 Å². The van der Waals surface area contributed by atoms with E-state index in [0.29, 0.717) is 17.3 Å². The highest BCUT2D eigenvalue weighted by molar-refractivity contribution is 5.11. The van der Waals surface area contributed by atoms with Crippen LogP contribution in [0.25, 0.3) is 0 Å². The molecular weight excluding hydrogens is 224 g/mol. The van der Waals surface area contributed by atoms with Crippen LogP contribution in [-0.4, -0.2) is 23.4 Å². The van der Waals surface area contributed by atoms with Gasteiger partial charge in [0.15, 0.2) is 0 Å². The molecule has 0 amide bonds. The first-order chi connectivity index (χ1) is 8.31. The Morgan fingerprint density at radius 1 is 0.944 bits per heavy atom. The van der Waals surface area contributed by atoms with Gasteiger partial charge in [-0.25, -0.2) is 0 Å². The van der Waals surface area contributed by atoms with E-state index in [2.05, 4.69) is 27.7 Å². The Morgan fingerprint density at radius 2 is 1.67 bits per heavy atom. The summed E-state index contributed by atoms with van der Waals surface area (Å²) in [5.41, 5.74) is 0.548. The van der Waals surface area contributed by atoms with Crippen LogP contribution in [0.4, 0.5) is 0 Å². The lowest BCUT2D eigenvalue weighted by Gasteiger charge is -2.61. The van der Waals surface area contributed by atoms with Crippen molar-refractivity contribution in [2.24, 2.45) is 22.7 Å². The maximum atomic E-state index is 10.4. The molecule has 2 nitrogen and oxygen atoms in total. The van der Waals surface area contributed by atoms with Crippen LogP contribution in [0.2, 0.25) is 0 Å². The van der Waals surface area contributed by atoms with Crippen molar-refractivity contribution < 1.29 is 9.84 Å². The lowest BCUT2D eigenvalue weighted by atomic mass is 9.45. The molecule has 3 fully saturated rings. The Labute approximate surface area is 111 Å². The molecule has 0 aromatic rings. The average Bonchev–Trinajstić information content (AvgIpc) is 2.68. The minimum absolute atomic E-state index is 0.0664. The second-order valence-electron chi connectivity index (χ2n) is 7.98. The first kappa shape index (κ1) is 12.9. The smallest absolute Gasteiger partial charge is 0.0688 e. The summed E-state index contributed by atoms with van der Waals surface area (Å²) < 4.78 is 6.09. The highest BCUT2D eigenvalue weighted by Crippen LogP contribution is 2.64. The minimum Gasteiger partial charge on any atom is -0.393 e. The third-order valence-corrected chi connectivity index (χ3v) is 6.81. The molecule has 1 aliphatic heterocycles. The van der Waals surface area contributed by atoms with E-state index >= 15 is 0 Å². The number of aliphatic hydroxyl groups is 1. The van der Waals surface area contributed by atoms with Gasteiger partial charge in [-0.3, -0.25) is 0 Å². The van der Waals surface area contributed by atoms with Gasteiger partial charge in [-0.15, -0.1) is 0 Å². The first-order valence-corrected chi connectivity index (χ1v) is 7.63. The molecule has 3 rings (SSSR count). The summed E-state index contributed by atoms with van der Waals surface area (Å²) in [5, 5.41) is 10.4. The van der Waals surface area contributed by atoms with Crippen LogP contribution in [0, 0.1) is 22.7 Å². The molecule has 0 bridgehead atoms. The van der Waals surface area contributed by atoms with Crippen molar-refractivity contribution in [3.05, 3.63) is 0 Å². The molecule has 3 aliphatic rings. The van der Waals surface area contributed by atoms with Crippen LogP contribution in [0.5, 0.6) is 0 Å². The van der Waals surface area contributed by atoms with Gasteiger partial charge < -0.3 is 9.84 Å². The largest absolute Gasteiger partial charge is 0.393 e. The van der Waals surface area contributed by atoms with Crippen LogP contribution in [0.3, 0.4) is 0 Å².